The Hall–Kier alpha value is -0.710. The SMILES string of the molecule is CC.CCC(=O)O.FC1(F)CCNC1. The van der Waals surface area contributed by atoms with E-state index in [0.717, 1.165) is 0 Å². The second-order valence-corrected chi connectivity index (χ2v) is 2.53. The molecule has 1 heterocycles. The fourth-order valence-corrected chi connectivity index (χ4v) is 0.631. The van der Waals surface area contributed by atoms with E-state index < -0.39 is 11.9 Å². The first-order chi connectivity index (χ1) is 6.48. The molecule has 0 amide bonds. The van der Waals surface area contributed by atoms with Crippen LogP contribution < -0.4 is 5.32 Å². The van der Waals surface area contributed by atoms with E-state index in [0.29, 0.717) is 6.54 Å². The van der Waals surface area contributed by atoms with Crippen molar-refractivity contribution in [1.29, 1.82) is 0 Å². The Labute approximate surface area is 83.5 Å². The summed E-state index contributed by atoms with van der Waals surface area (Å²) in [5, 5.41) is 10.3. The Bertz CT molecular complexity index is 144. The van der Waals surface area contributed by atoms with Crippen molar-refractivity contribution in [3.05, 3.63) is 0 Å². The lowest BCUT2D eigenvalue weighted by atomic mass is 10.3. The second-order valence-electron chi connectivity index (χ2n) is 2.53. The van der Waals surface area contributed by atoms with Gasteiger partial charge in [-0.25, -0.2) is 8.78 Å². The number of hydrogen-bond donors (Lipinski definition) is 2. The summed E-state index contributed by atoms with van der Waals surface area (Å²) >= 11 is 0. The zero-order chi connectivity index (χ0) is 11.6. The first kappa shape index (κ1) is 15.7. The van der Waals surface area contributed by atoms with E-state index in [-0.39, 0.29) is 19.4 Å². The molecule has 1 aliphatic heterocycles. The van der Waals surface area contributed by atoms with Crippen LogP contribution in [0.3, 0.4) is 0 Å². The van der Waals surface area contributed by atoms with Crippen LogP contribution in [0.4, 0.5) is 8.78 Å². The zero-order valence-corrected chi connectivity index (χ0v) is 8.94. The van der Waals surface area contributed by atoms with Crippen molar-refractivity contribution in [1.82, 2.24) is 5.32 Å². The van der Waals surface area contributed by atoms with Crippen LogP contribution >= 0.6 is 0 Å². The highest BCUT2D eigenvalue weighted by Crippen LogP contribution is 2.19. The molecule has 0 saturated carbocycles. The van der Waals surface area contributed by atoms with E-state index in [1.54, 1.807) is 6.92 Å². The summed E-state index contributed by atoms with van der Waals surface area (Å²) in [5.41, 5.74) is 0. The van der Waals surface area contributed by atoms with Crippen LogP contribution in [-0.4, -0.2) is 30.1 Å². The van der Waals surface area contributed by atoms with Crippen molar-refractivity contribution in [2.75, 3.05) is 13.1 Å². The molecule has 0 aromatic carbocycles. The van der Waals surface area contributed by atoms with Gasteiger partial charge in [0, 0.05) is 19.4 Å². The molecule has 0 bridgehead atoms. The summed E-state index contributed by atoms with van der Waals surface area (Å²) in [5.74, 6) is -3.16. The largest absolute Gasteiger partial charge is 0.481 e. The molecule has 2 N–H and O–H groups in total. The van der Waals surface area contributed by atoms with Gasteiger partial charge in [0.25, 0.3) is 5.92 Å². The number of alkyl halides is 2. The van der Waals surface area contributed by atoms with E-state index in [1.807, 2.05) is 13.8 Å². The Morgan fingerprint density at radius 1 is 1.50 bits per heavy atom. The molecule has 0 radical (unpaired) electrons. The summed E-state index contributed by atoms with van der Waals surface area (Å²) in [6, 6.07) is 0. The van der Waals surface area contributed by atoms with E-state index in [2.05, 4.69) is 5.32 Å². The average molecular weight is 211 g/mol. The number of aliphatic carboxylic acids is 1. The Kier molecular flexibility index (Phi) is 9.98. The molecular formula is C9H19F2NO2. The third kappa shape index (κ3) is 11.3. The highest BCUT2D eigenvalue weighted by molar-refractivity contribution is 5.66. The number of hydrogen-bond acceptors (Lipinski definition) is 2. The van der Waals surface area contributed by atoms with Crippen LogP contribution in [0.25, 0.3) is 0 Å². The number of rotatable bonds is 1. The van der Waals surface area contributed by atoms with Crippen LogP contribution in [-0.2, 0) is 4.79 Å². The molecule has 3 nitrogen and oxygen atoms in total. The van der Waals surface area contributed by atoms with Crippen LogP contribution in [0.5, 0.6) is 0 Å². The maximum atomic E-state index is 11.9. The minimum atomic E-state index is -2.42. The summed E-state index contributed by atoms with van der Waals surface area (Å²) in [6.07, 6.45) is 0.229. The monoisotopic (exact) mass is 211 g/mol. The van der Waals surface area contributed by atoms with Gasteiger partial charge in [-0.2, -0.15) is 0 Å². The minimum absolute atomic E-state index is 0.00694. The molecule has 1 aliphatic rings. The standard InChI is InChI=1S/C4H7F2N.C3H6O2.C2H6/c5-4(6)1-2-7-3-4;1-2-3(4)5;1-2/h7H,1-3H2;2H2,1H3,(H,4,5);1-2H3. The molecule has 0 aromatic rings. The van der Waals surface area contributed by atoms with Crippen molar-refractivity contribution >= 4 is 5.97 Å². The molecule has 0 aromatic heterocycles. The van der Waals surface area contributed by atoms with Gasteiger partial charge in [0.15, 0.2) is 0 Å². The van der Waals surface area contributed by atoms with Gasteiger partial charge in [0.05, 0.1) is 6.54 Å². The van der Waals surface area contributed by atoms with Gasteiger partial charge in [-0.3, -0.25) is 4.79 Å². The third-order valence-corrected chi connectivity index (χ3v) is 1.35. The molecule has 1 saturated heterocycles. The van der Waals surface area contributed by atoms with Crippen LogP contribution in [0.1, 0.15) is 33.6 Å². The quantitative estimate of drug-likeness (QED) is 0.698. The minimum Gasteiger partial charge on any atom is -0.481 e. The van der Waals surface area contributed by atoms with Crippen LogP contribution in [0.15, 0.2) is 0 Å². The first-order valence-corrected chi connectivity index (χ1v) is 4.78. The van der Waals surface area contributed by atoms with Gasteiger partial charge in [-0.05, 0) is 0 Å². The van der Waals surface area contributed by atoms with Crippen molar-refractivity contribution in [3.63, 3.8) is 0 Å². The highest BCUT2D eigenvalue weighted by atomic mass is 19.3. The second kappa shape index (κ2) is 8.87. The molecule has 0 aliphatic carbocycles. The summed E-state index contributed by atoms with van der Waals surface area (Å²) in [4.78, 5) is 9.37. The summed E-state index contributed by atoms with van der Waals surface area (Å²) in [7, 11) is 0. The van der Waals surface area contributed by atoms with E-state index in [4.69, 9.17) is 5.11 Å². The van der Waals surface area contributed by atoms with Crippen LogP contribution in [0.2, 0.25) is 0 Å². The summed E-state index contributed by atoms with van der Waals surface area (Å²) < 4.78 is 23.8. The molecule has 86 valence electrons. The van der Waals surface area contributed by atoms with Gasteiger partial charge in [-0.15, -0.1) is 0 Å². The lowest BCUT2D eigenvalue weighted by Gasteiger charge is -2.02. The van der Waals surface area contributed by atoms with Crippen molar-refractivity contribution in [3.8, 4) is 0 Å². The lowest BCUT2D eigenvalue weighted by molar-refractivity contribution is -0.136. The van der Waals surface area contributed by atoms with Crippen molar-refractivity contribution in [2.45, 2.75) is 39.5 Å². The van der Waals surface area contributed by atoms with Gasteiger partial charge in [0.2, 0.25) is 0 Å². The van der Waals surface area contributed by atoms with Crippen molar-refractivity contribution < 1.29 is 18.7 Å². The molecule has 1 rings (SSSR count). The lowest BCUT2D eigenvalue weighted by Crippen LogP contribution is -2.18. The number of nitrogens with one attached hydrogen (secondary N) is 1. The number of halogens is 2. The summed E-state index contributed by atoms with van der Waals surface area (Å²) in [6.45, 7) is 5.93. The average Bonchev–Trinajstić information content (AvgIpc) is 2.54. The molecular weight excluding hydrogens is 192 g/mol. The van der Waals surface area contributed by atoms with Gasteiger partial charge in [-0.1, -0.05) is 20.8 Å². The zero-order valence-electron chi connectivity index (χ0n) is 8.94. The number of carboxylic acid groups (broad SMARTS) is 1. The Balaban J connectivity index is 0. The van der Waals surface area contributed by atoms with E-state index in [1.165, 1.54) is 0 Å². The van der Waals surface area contributed by atoms with E-state index >= 15 is 0 Å². The molecule has 0 atom stereocenters. The third-order valence-electron chi connectivity index (χ3n) is 1.35. The Morgan fingerprint density at radius 2 is 1.93 bits per heavy atom. The van der Waals surface area contributed by atoms with Gasteiger partial charge in [0.1, 0.15) is 0 Å². The first-order valence-electron chi connectivity index (χ1n) is 4.78. The predicted octanol–water partition coefficient (Wildman–Crippen LogP) is 2.12. The molecule has 1 fully saturated rings. The fraction of sp³-hybridized carbons (Fsp3) is 0.889. The molecule has 0 unspecified atom stereocenters. The smallest absolute Gasteiger partial charge is 0.303 e. The normalized spacial score (nSPS) is 17.2. The molecule has 14 heavy (non-hydrogen) atoms. The van der Waals surface area contributed by atoms with Crippen LogP contribution in [0, 0.1) is 0 Å². The van der Waals surface area contributed by atoms with E-state index in [9.17, 15) is 13.6 Å². The Morgan fingerprint density at radius 3 is 2.00 bits per heavy atom. The predicted molar refractivity (Wildman–Crippen MR) is 51.7 cm³/mol. The fourth-order valence-electron chi connectivity index (χ4n) is 0.631. The van der Waals surface area contributed by atoms with Gasteiger partial charge < -0.3 is 10.4 Å². The molecule has 5 heteroatoms. The number of carbonyl (C=O) groups is 1. The van der Waals surface area contributed by atoms with Gasteiger partial charge >= 0.3 is 5.97 Å². The topological polar surface area (TPSA) is 49.3 Å². The molecule has 0 spiro atoms. The maximum absolute atomic E-state index is 11.9. The highest BCUT2D eigenvalue weighted by Gasteiger charge is 2.32. The number of carboxylic acids is 1. The maximum Gasteiger partial charge on any atom is 0.303 e. The van der Waals surface area contributed by atoms with Crippen molar-refractivity contribution in [2.24, 2.45) is 0 Å².